The summed E-state index contributed by atoms with van der Waals surface area (Å²) in [6.07, 6.45) is 0.974. The Hall–Kier alpha value is -4.01. The van der Waals surface area contributed by atoms with Crippen molar-refractivity contribution in [1.29, 1.82) is 0 Å². The summed E-state index contributed by atoms with van der Waals surface area (Å²) in [5.41, 5.74) is 9.14. The summed E-state index contributed by atoms with van der Waals surface area (Å²) in [7, 11) is 3.19. The van der Waals surface area contributed by atoms with E-state index in [9.17, 15) is 9.90 Å². The SMILES string of the molecule is COc1ccc([C@H]2CC(=O)C3=C(C2)Nc2nc(N)nn2[C@H]3c2ccc(O)cc2)cc1OC. The molecule has 0 amide bonds. The van der Waals surface area contributed by atoms with E-state index in [1.165, 1.54) is 0 Å². The molecule has 0 unspecified atom stereocenters. The predicted molar refractivity (Wildman–Crippen MR) is 118 cm³/mol. The summed E-state index contributed by atoms with van der Waals surface area (Å²) in [5.74, 6) is 2.03. The summed E-state index contributed by atoms with van der Waals surface area (Å²) >= 11 is 0. The second kappa shape index (κ2) is 7.60. The highest BCUT2D eigenvalue weighted by Crippen LogP contribution is 2.45. The number of nitrogen functional groups attached to an aromatic ring is 1. The van der Waals surface area contributed by atoms with Gasteiger partial charge in [-0.15, -0.1) is 5.10 Å². The Kier molecular flexibility index (Phi) is 4.73. The standard InChI is InChI=1S/C23H23N5O4/c1-31-18-8-5-13(11-19(18)32-2)14-9-16-20(17(30)10-14)21(12-3-6-15(29)7-4-12)28-23(25-16)26-22(24)27-28/h3-8,11,14,21,29H,9-10H2,1-2H3,(H3,24,25,26,27)/t14-,21+/m1/s1. The van der Waals surface area contributed by atoms with Crippen LogP contribution in [0.2, 0.25) is 0 Å². The molecule has 1 aliphatic heterocycles. The van der Waals surface area contributed by atoms with E-state index in [4.69, 9.17) is 15.2 Å². The number of aromatic hydroxyl groups is 1. The van der Waals surface area contributed by atoms with E-state index in [0.29, 0.717) is 35.9 Å². The number of aromatic nitrogens is 3. The Labute approximate surface area is 184 Å². The number of carbonyl (C=O) groups excluding carboxylic acids is 1. The van der Waals surface area contributed by atoms with Crippen molar-refractivity contribution in [2.75, 3.05) is 25.3 Å². The normalized spacial score (nSPS) is 19.8. The number of nitrogens with one attached hydrogen (secondary N) is 1. The zero-order valence-electron chi connectivity index (χ0n) is 17.7. The molecule has 2 aliphatic rings. The van der Waals surface area contributed by atoms with Crippen LogP contribution in [0.3, 0.4) is 0 Å². The highest BCUT2D eigenvalue weighted by molar-refractivity contribution is 6.00. The monoisotopic (exact) mass is 433 g/mol. The molecule has 0 saturated heterocycles. The first-order valence-corrected chi connectivity index (χ1v) is 10.2. The van der Waals surface area contributed by atoms with Gasteiger partial charge in [-0.25, -0.2) is 4.68 Å². The Morgan fingerprint density at radius 1 is 1.06 bits per heavy atom. The lowest BCUT2D eigenvalue weighted by Gasteiger charge is -2.35. The van der Waals surface area contributed by atoms with Crippen molar-refractivity contribution < 1.29 is 19.4 Å². The number of fused-ring (bicyclic) bond motifs is 1. The highest BCUT2D eigenvalue weighted by Gasteiger charge is 2.39. The Morgan fingerprint density at radius 2 is 1.78 bits per heavy atom. The average Bonchev–Trinajstić information content (AvgIpc) is 3.17. The van der Waals surface area contributed by atoms with E-state index < -0.39 is 6.04 Å². The van der Waals surface area contributed by atoms with Crippen molar-refractivity contribution in [3.8, 4) is 17.2 Å². The topological polar surface area (TPSA) is 125 Å². The smallest absolute Gasteiger partial charge is 0.241 e. The van der Waals surface area contributed by atoms with E-state index >= 15 is 0 Å². The first-order valence-electron chi connectivity index (χ1n) is 10.2. The fourth-order valence-electron chi connectivity index (χ4n) is 4.54. The Bertz CT molecular complexity index is 1230. The van der Waals surface area contributed by atoms with Gasteiger partial charge in [0.05, 0.1) is 14.2 Å². The second-order valence-electron chi connectivity index (χ2n) is 7.89. The van der Waals surface area contributed by atoms with Crippen LogP contribution in [0.1, 0.15) is 35.9 Å². The molecule has 9 nitrogen and oxygen atoms in total. The minimum Gasteiger partial charge on any atom is -0.508 e. The maximum absolute atomic E-state index is 13.5. The number of hydrogen-bond acceptors (Lipinski definition) is 8. The summed E-state index contributed by atoms with van der Waals surface area (Å²) in [6, 6.07) is 12.0. The number of anilines is 2. The van der Waals surface area contributed by atoms with Crippen LogP contribution in [0.5, 0.6) is 17.2 Å². The van der Waals surface area contributed by atoms with Crippen molar-refractivity contribution in [3.05, 3.63) is 64.9 Å². The van der Waals surface area contributed by atoms with Crippen LogP contribution in [-0.4, -0.2) is 39.9 Å². The number of phenolic OH excluding ortho intramolecular Hbond substituents is 1. The lowest BCUT2D eigenvalue weighted by Crippen LogP contribution is -2.33. The third-order valence-corrected chi connectivity index (χ3v) is 6.02. The molecule has 0 fully saturated rings. The Balaban J connectivity index is 1.57. The molecular formula is C23H23N5O4. The van der Waals surface area contributed by atoms with Crippen molar-refractivity contribution >= 4 is 17.7 Å². The molecule has 3 aromatic rings. The molecule has 2 atom stereocenters. The number of allylic oxidation sites excluding steroid dienone is 2. The van der Waals surface area contributed by atoms with E-state index in [1.54, 1.807) is 43.2 Å². The van der Waals surface area contributed by atoms with E-state index in [0.717, 1.165) is 16.8 Å². The molecular weight excluding hydrogens is 410 g/mol. The van der Waals surface area contributed by atoms with Crippen molar-refractivity contribution in [3.63, 3.8) is 0 Å². The number of carbonyl (C=O) groups is 1. The number of phenols is 1. The number of nitrogens with zero attached hydrogens (tertiary/aromatic N) is 3. The number of ketones is 1. The highest BCUT2D eigenvalue weighted by atomic mass is 16.5. The molecule has 0 radical (unpaired) electrons. The van der Waals surface area contributed by atoms with Crippen LogP contribution >= 0.6 is 0 Å². The minimum atomic E-state index is -0.467. The molecule has 2 heterocycles. The first-order chi connectivity index (χ1) is 15.5. The third kappa shape index (κ3) is 3.22. The lowest BCUT2D eigenvalue weighted by molar-refractivity contribution is -0.116. The maximum atomic E-state index is 13.5. The summed E-state index contributed by atoms with van der Waals surface area (Å²) in [6.45, 7) is 0. The molecule has 0 bridgehead atoms. The average molecular weight is 433 g/mol. The van der Waals surface area contributed by atoms with Gasteiger partial charge in [0, 0.05) is 17.7 Å². The van der Waals surface area contributed by atoms with Crippen LogP contribution in [-0.2, 0) is 4.79 Å². The molecule has 0 spiro atoms. The van der Waals surface area contributed by atoms with E-state index in [1.807, 2.05) is 18.2 Å². The molecule has 5 rings (SSSR count). The van der Waals surface area contributed by atoms with Gasteiger partial charge in [0.2, 0.25) is 11.9 Å². The largest absolute Gasteiger partial charge is 0.508 e. The summed E-state index contributed by atoms with van der Waals surface area (Å²) in [4.78, 5) is 17.8. The lowest BCUT2D eigenvalue weighted by atomic mass is 9.78. The van der Waals surface area contributed by atoms with Crippen LogP contribution < -0.4 is 20.5 Å². The fourth-order valence-corrected chi connectivity index (χ4v) is 4.54. The van der Waals surface area contributed by atoms with Gasteiger partial charge in [-0.1, -0.05) is 18.2 Å². The van der Waals surface area contributed by atoms with Crippen molar-refractivity contribution in [2.24, 2.45) is 0 Å². The number of rotatable bonds is 4. The first kappa shape index (κ1) is 19.9. The van der Waals surface area contributed by atoms with Crippen molar-refractivity contribution in [1.82, 2.24) is 14.8 Å². The van der Waals surface area contributed by atoms with Crippen molar-refractivity contribution in [2.45, 2.75) is 24.8 Å². The van der Waals surface area contributed by atoms with Gasteiger partial charge >= 0.3 is 0 Å². The number of Topliss-reactive ketones (excluding diaryl/α,β-unsaturated/α-hetero) is 1. The van der Waals surface area contributed by atoms with Crippen LogP contribution in [0.15, 0.2) is 53.7 Å². The molecule has 4 N–H and O–H groups in total. The number of ether oxygens (including phenoxy) is 2. The van der Waals surface area contributed by atoms with E-state index in [2.05, 4.69) is 15.4 Å². The van der Waals surface area contributed by atoms with E-state index in [-0.39, 0.29) is 23.4 Å². The molecule has 1 aromatic heterocycles. The van der Waals surface area contributed by atoms with Gasteiger partial charge in [-0.2, -0.15) is 4.98 Å². The molecule has 32 heavy (non-hydrogen) atoms. The number of hydrogen-bond donors (Lipinski definition) is 3. The molecule has 164 valence electrons. The number of nitrogens with two attached hydrogens (primary N) is 1. The van der Waals surface area contributed by atoms with Gasteiger partial charge in [0.15, 0.2) is 17.3 Å². The van der Waals surface area contributed by atoms with Gasteiger partial charge in [-0.05, 0) is 47.7 Å². The van der Waals surface area contributed by atoms with Crippen LogP contribution in [0.4, 0.5) is 11.9 Å². The van der Waals surface area contributed by atoms with Crippen LogP contribution in [0, 0.1) is 0 Å². The molecule has 9 heteroatoms. The number of benzene rings is 2. The second-order valence-corrected chi connectivity index (χ2v) is 7.89. The summed E-state index contributed by atoms with van der Waals surface area (Å²) in [5, 5.41) is 17.3. The minimum absolute atomic E-state index is 0.0244. The summed E-state index contributed by atoms with van der Waals surface area (Å²) < 4.78 is 12.4. The van der Waals surface area contributed by atoms with Crippen LogP contribution in [0.25, 0.3) is 0 Å². The quantitative estimate of drug-likeness (QED) is 0.574. The zero-order valence-corrected chi connectivity index (χ0v) is 17.7. The fraction of sp³-hybridized carbons (Fsp3) is 0.261. The molecule has 2 aromatic carbocycles. The van der Waals surface area contributed by atoms with Gasteiger partial charge in [-0.3, -0.25) is 4.79 Å². The third-order valence-electron chi connectivity index (χ3n) is 6.02. The molecule has 1 aliphatic carbocycles. The molecule has 0 saturated carbocycles. The predicted octanol–water partition coefficient (Wildman–Crippen LogP) is 3.00. The Morgan fingerprint density at radius 3 is 2.50 bits per heavy atom. The number of methoxy groups -OCH3 is 2. The maximum Gasteiger partial charge on any atom is 0.241 e. The van der Waals surface area contributed by atoms with Gasteiger partial charge in [0.25, 0.3) is 0 Å². The van der Waals surface area contributed by atoms with Gasteiger partial charge in [0.1, 0.15) is 11.8 Å². The van der Waals surface area contributed by atoms with Gasteiger partial charge < -0.3 is 25.6 Å². The zero-order chi connectivity index (χ0) is 22.4.